The molecule has 4 N–H and O–H groups in total. The summed E-state index contributed by atoms with van der Waals surface area (Å²) in [4.78, 5) is 6.54. The zero-order chi connectivity index (χ0) is 19.9. The van der Waals surface area contributed by atoms with Gasteiger partial charge in [0.1, 0.15) is 11.5 Å². The van der Waals surface area contributed by atoms with Crippen LogP contribution in [-0.2, 0) is 10.0 Å². The Morgan fingerprint density at radius 1 is 1.29 bits per heavy atom. The number of nitrogens with zero attached hydrogens (tertiary/aromatic N) is 2. The summed E-state index contributed by atoms with van der Waals surface area (Å²) in [5.74, 6) is 1.91. The minimum atomic E-state index is -3.51. The second kappa shape index (κ2) is 11.5. The lowest BCUT2D eigenvalue weighted by atomic mass is 10.2. The van der Waals surface area contributed by atoms with Crippen LogP contribution in [-0.4, -0.2) is 66.6 Å². The van der Waals surface area contributed by atoms with Crippen molar-refractivity contribution in [3.8, 4) is 11.5 Å². The number of hydrogen-bond donors (Lipinski definition) is 3. The maximum absolute atomic E-state index is 11.1. The van der Waals surface area contributed by atoms with Crippen LogP contribution in [0.3, 0.4) is 0 Å². The number of primary sulfonamides is 1. The highest BCUT2D eigenvalue weighted by Crippen LogP contribution is 2.30. The number of benzene rings is 1. The monoisotopic (exact) mass is 527 g/mol. The summed E-state index contributed by atoms with van der Waals surface area (Å²) in [5.41, 5.74) is 1.03. The SMILES string of the molecule is CCNC(=NCCS(N)(=O)=O)NC1CCN(c2cc(OC)cc(OC)c2)C1.I. The third-order valence-corrected chi connectivity index (χ3v) is 4.97. The summed E-state index contributed by atoms with van der Waals surface area (Å²) < 4.78 is 32.8. The van der Waals surface area contributed by atoms with Crippen molar-refractivity contribution in [1.82, 2.24) is 10.6 Å². The van der Waals surface area contributed by atoms with Gasteiger partial charge in [-0.2, -0.15) is 0 Å². The second-order valence-corrected chi connectivity index (χ2v) is 8.01. The smallest absolute Gasteiger partial charge is 0.210 e. The van der Waals surface area contributed by atoms with Gasteiger partial charge in [-0.3, -0.25) is 4.99 Å². The summed E-state index contributed by atoms with van der Waals surface area (Å²) in [7, 11) is -0.250. The summed E-state index contributed by atoms with van der Waals surface area (Å²) >= 11 is 0. The largest absolute Gasteiger partial charge is 0.497 e. The van der Waals surface area contributed by atoms with Gasteiger partial charge in [-0.25, -0.2) is 13.6 Å². The van der Waals surface area contributed by atoms with Crippen LogP contribution in [0.5, 0.6) is 11.5 Å². The number of guanidine groups is 1. The molecule has 0 aromatic heterocycles. The van der Waals surface area contributed by atoms with E-state index in [1.807, 2.05) is 25.1 Å². The molecule has 1 aromatic carbocycles. The number of aliphatic imine (C=N–C) groups is 1. The topological polar surface area (TPSA) is 118 Å². The molecule has 11 heteroatoms. The summed E-state index contributed by atoms with van der Waals surface area (Å²) in [6.45, 7) is 4.43. The minimum Gasteiger partial charge on any atom is -0.497 e. The molecule has 0 spiro atoms. The van der Waals surface area contributed by atoms with Gasteiger partial charge in [-0.1, -0.05) is 0 Å². The van der Waals surface area contributed by atoms with Gasteiger partial charge in [-0.05, 0) is 13.3 Å². The number of ether oxygens (including phenoxy) is 2. The summed E-state index contributed by atoms with van der Waals surface area (Å²) in [5, 5.41) is 11.5. The Bertz CT molecular complexity index is 738. The third kappa shape index (κ3) is 7.87. The fourth-order valence-corrected chi connectivity index (χ4v) is 3.23. The first-order valence-corrected chi connectivity index (χ1v) is 10.6. The molecular weight excluding hydrogens is 497 g/mol. The molecule has 1 saturated heterocycles. The molecule has 0 radical (unpaired) electrons. The van der Waals surface area contributed by atoms with Gasteiger partial charge < -0.3 is 25.0 Å². The van der Waals surface area contributed by atoms with Gasteiger partial charge in [0, 0.05) is 49.6 Å². The van der Waals surface area contributed by atoms with Crippen molar-refractivity contribution in [2.24, 2.45) is 10.1 Å². The highest BCUT2D eigenvalue weighted by Gasteiger charge is 2.24. The van der Waals surface area contributed by atoms with Gasteiger partial charge >= 0.3 is 0 Å². The van der Waals surface area contributed by atoms with Crippen LogP contribution in [0.15, 0.2) is 23.2 Å². The molecule has 0 bridgehead atoms. The molecule has 2 rings (SSSR count). The van der Waals surface area contributed by atoms with Crippen molar-refractivity contribution in [3.63, 3.8) is 0 Å². The molecule has 160 valence electrons. The van der Waals surface area contributed by atoms with Crippen molar-refractivity contribution in [2.45, 2.75) is 19.4 Å². The van der Waals surface area contributed by atoms with Gasteiger partial charge in [-0.15, -0.1) is 24.0 Å². The predicted molar refractivity (Wildman–Crippen MR) is 123 cm³/mol. The number of halogens is 1. The first-order valence-electron chi connectivity index (χ1n) is 8.88. The van der Waals surface area contributed by atoms with Crippen molar-refractivity contribution in [1.29, 1.82) is 0 Å². The Morgan fingerprint density at radius 3 is 2.46 bits per heavy atom. The van der Waals surface area contributed by atoms with Crippen LogP contribution in [0.2, 0.25) is 0 Å². The molecule has 1 aliphatic heterocycles. The highest BCUT2D eigenvalue weighted by atomic mass is 127. The van der Waals surface area contributed by atoms with Crippen molar-refractivity contribution in [3.05, 3.63) is 18.2 Å². The molecule has 0 amide bonds. The first kappa shape index (κ1) is 24.6. The highest BCUT2D eigenvalue weighted by molar-refractivity contribution is 14.0. The van der Waals surface area contributed by atoms with Crippen LogP contribution >= 0.6 is 24.0 Å². The van der Waals surface area contributed by atoms with E-state index in [1.165, 1.54) is 0 Å². The fraction of sp³-hybridized carbons (Fsp3) is 0.588. The zero-order valence-corrected chi connectivity index (χ0v) is 19.6. The van der Waals surface area contributed by atoms with Crippen molar-refractivity contribution >= 4 is 45.6 Å². The number of nitrogens with one attached hydrogen (secondary N) is 2. The lowest BCUT2D eigenvalue weighted by Gasteiger charge is -2.21. The van der Waals surface area contributed by atoms with E-state index in [0.717, 1.165) is 36.7 Å². The second-order valence-electron chi connectivity index (χ2n) is 6.27. The summed E-state index contributed by atoms with van der Waals surface area (Å²) in [6.07, 6.45) is 0.930. The number of nitrogens with two attached hydrogens (primary N) is 1. The van der Waals surface area contributed by atoms with Gasteiger partial charge in [0.25, 0.3) is 0 Å². The average Bonchev–Trinajstić information content (AvgIpc) is 3.09. The molecule has 0 saturated carbocycles. The van der Waals surface area contributed by atoms with Gasteiger partial charge in [0.05, 0.1) is 26.5 Å². The maximum atomic E-state index is 11.1. The minimum absolute atomic E-state index is 0. The number of anilines is 1. The Labute approximate surface area is 184 Å². The quantitative estimate of drug-likeness (QED) is 0.259. The Balaban J connectivity index is 0.00000392. The number of hydrogen-bond acceptors (Lipinski definition) is 6. The molecule has 1 atom stereocenters. The molecule has 9 nitrogen and oxygen atoms in total. The lowest BCUT2D eigenvalue weighted by molar-refractivity contribution is 0.394. The van der Waals surface area contributed by atoms with Crippen LogP contribution < -0.4 is 30.1 Å². The van der Waals surface area contributed by atoms with Crippen LogP contribution in [0, 0.1) is 0 Å². The lowest BCUT2D eigenvalue weighted by Crippen LogP contribution is -2.44. The molecule has 1 fully saturated rings. The Kier molecular flexibility index (Phi) is 10.1. The molecule has 1 heterocycles. The van der Waals surface area contributed by atoms with E-state index in [0.29, 0.717) is 12.5 Å². The van der Waals surface area contributed by atoms with E-state index < -0.39 is 10.0 Å². The molecular formula is C17H30IN5O4S. The number of methoxy groups -OCH3 is 2. The van der Waals surface area contributed by atoms with Crippen LogP contribution in [0.25, 0.3) is 0 Å². The number of sulfonamides is 1. The number of rotatable bonds is 8. The normalized spacial score (nSPS) is 17.1. The van der Waals surface area contributed by atoms with E-state index in [1.54, 1.807) is 14.2 Å². The van der Waals surface area contributed by atoms with E-state index in [9.17, 15) is 8.42 Å². The molecule has 28 heavy (non-hydrogen) atoms. The van der Waals surface area contributed by atoms with Gasteiger partial charge in [0.2, 0.25) is 10.0 Å². The first-order chi connectivity index (χ1) is 12.8. The Hall–Kier alpha value is -1.47. The van der Waals surface area contributed by atoms with E-state index in [2.05, 4.69) is 20.5 Å². The summed E-state index contributed by atoms with van der Waals surface area (Å²) in [6, 6.07) is 6.00. The molecule has 0 aliphatic carbocycles. The molecule has 1 unspecified atom stereocenters. The van der Waals surface area contributed by atoms with Crippen molar-refractivity contribution in [2.75, 3.05) is 51.1 Å². The molecule has 1 aromatic rings. The van der Waals surface area contributed by atoms with Crippen molar-refractivity contribution < 1.29 is 17.9 Å². The standard InChI is InChI=1S/C17H29N5O4S.HI/c1-4-19-17(20-6-8-27(18,23)24)21-13-5-7-22(12-13)14-9-15(25-2)11-16(10-14)26-3;/h9-11,13H,4-8,12H2,1-3H3,(H2,18,23,24)(H2,19,20,21);1H. The average molecular weight is 527 g/mol. The van der Waals surface area contributed by atoms with E-state index in [4.69, 9.17) is 14.6 Å². The maximum Gasteiger partial charge on any atom is 0.210 e. The van der Waals surface area contributed by atoms with E-state index in [-0.39, 0.29) is 42.3 Å². The zero-order valence-electron chi connectivity index (χ0n) is 16.5. The van der Waals surface area contributed by atoms with Crippen LogP contribution in [0.4, 0.5) is 5.69 Å². The molecule has 1 aliphatic rings. The van der Waals surface area contributed by atoms with E-state index >= 15 is 0 Å². The van der Waals surface area contributed by atoms with Gasteiger partial charge in [0.15, 0.2) is 5.96 Å². The predicted octanol–water partition coefficient (Wildman–Crippen LogP) is 0.744. The Morgan fingerprint density at radius 2 is 1.93 bits per heavy atom. The fourth-order valence-electron chi connectivity index (χ4n) is 2.89. The third-order valence-electron chi connectivity index (χ3n) is 4.22. The van der Waals surface area contributed by atoms with Crippen LogP contribution in [0.1, 0.15) is 13.3 Å².